The summed E-state index contributed by atoms with van der Waals surface area (Å²) < 4.78 is 31.5. The Hall–Kier alpha value is -2.09. The fourth-order valence-electron chi connectivity index (χ4n) is 2.04. The standard InChI is InChI=1S/C12H12F2N2O4/c1-7-6-20-3-2-15(7)12(17)8-4-9(13)10(14)5-11(8)16(18)19/h4-5,7H,2-3,6H2,1H3. The molecular formula is C12H12F2N2O4. The van der Waals surface area contributed by atoms with Crippen molar-refractivity contribution in [1.82, 2.24) is 4.90 Å². The molecule has 0 saturated carbocycles. The third kappa shape index (κ3) is 2.60. The van der Waals surface area contributed by atoms with E-state index in [1.165, 1.54) is 4.90 Å². The minimum Gasteiger partial charge on any atom is -0.377 e. The molecule has 20 heavy (non-hydrogen) atoms. The van der Waals surface area contributed by atoms with E-state index in [4.69, 9.17) is 4.74 Å². The molecule has 0 radical (unpaired) electrons. The largest absolute Gasteiger partial charge is 0.377 e. The first kappa shape index (κ1) is 14.3. The van der Waals surface area contributed by atoms with Gasteiger partial charge in [-0.2, -0.15) is 0 Å². The number of amides is 1. The lowest BCUT2D eigenvalue weighted by molar-refractivity contribution is -0.385. The number of carbonyl (C=O) groups excluding carboxylic acids is 1. The van der Waals surface area contributed by atoms with Crippen molar-refractivity contribution in [2.45, 2.75) is 13.0 Å². The molecule has 1 heterocycles. The van der Waals surface area contributed by atoms with Gasteiger partial charge in [-0.1, -0.05) is 0 Å². The molecule has 1 saturated heterocycles. The Labute approximate surface area is 113 Å². The van der Waals surface area contributed by atoms with Gasteiger partial charge in [0.15, 0.2) is 11.6 Å². The average Bonchev–Trinajstić information content (AvgIpc) is 2.41. The van der Waals surface area contributed by atoms with Crippen molar-refractivity contribution in [3.8, 4) is 0 Å². The van der Waals surface area contributed by atoms with E-state index in [2.05, 4.69) is 0 Å². The lowest BCUT2D eigenvalue weighted by Gasteiger charge is -2.33. The molecule has 0 aromatic heterocycles. The fourth-order valence-corrected chi connectivity index (χ4v) is 2.04. The normalized spacial score (nSPS) is 18.9. The van der Waals surface area contributed by atoms with Gasteiger partial charge in [0, 0.05) is 6.54 Å². The van der Waals surface area contributed by atoms with Crippen LogP contribution >= 0.6 is 0 Å². The lowest BCUT2D eigenvalue weighted by Crippen LogP contribution is -2.47. The number of hydrogen-bond acceptors (Lipinski definition) is 4. The van der Waals surface area contributed by atoms with Gasteiger partial charge in [-0.05, 0) is 13.0 Å². The van der Waals surface area contributed by atoms with Crippen molar-refractivity contribution in [3.05, 3.63) is 39.4 Å². The Kier molecular flexibility index (Phi) is 3.93. The SMILES string of the molecule is CC1COCCN1C(=O)c1cc(F)c(F)cc1[N+](=O)[O-]. The first-order chi connectivity index (χ1) is 9.41. The number of benzene rings is 1. The van der Waals surface area contributed by atoms with Crippen LogP contribution in [-0.4, -0.2) is 41.5 Å². The molecule has 6 nitrogen and oxygen atoms in total. The number of hydrogen-bond donors (Lipinski definition) is 0. The summed E-state index contributed by atoms with van der Waals surface area (Å²) in [6.07, 6.45) is 0. The molecule has 1 unspecified atom stereocenters. The fraction of sp³-hybridized carbons (Fsp3) is 0.417. The lowest BCUT2D eigenvalue weighted by atomic mass is 10.1. The van der Waals surface area contributed by atoms with Crippen molar-refractivity contribution in [3.63, 3.8) is 0 Å². The summed E-state index contributed by atoms with van der Waals surface area (Å²) in [5.74, 6) is -3.35. The zero-order valence-corrected chi connectivity index (χ0v) is 10.6. The topological polar surface area (TPSA) is 72.7 Å². The zero-order valence-electron chi connectivity index (χ0n) is 10.6. The highest BCUT2D eigenvalue weighted by Crippen LogP contribution is 2.25. The summed E-state index contributed by atoms with van der Waals surface area (Å²) >= 11 is 0. The van der Waals surface area contributed by atoms with E-state index >= 15 is 0 Å². The van der Waals surface area contributed by atoms with E-state index in [-0.39, 0.29) is 12.6 Å². The van der Waals surface area contributed by atoms with Gasteiger partial charge < -0.3 is 9.64 Å². The number of nitrogens with zero attached hydrogens (tertiary/aromatic N) is 2. The molecule has 1 aromatic carbocycles. The van der Waals surface area contributed by atoms with Crippen LogP contribution in [0.15, 0.2) is 12.1 Å². The van der Waals surface area contributed by atoms with Crippen LogP contribution in [0, 0.1) is 21.7 Å². The maximum atomic E-state index is 13.3. The molecule has 8 heteroatoms. The van der Waals surface area contributed by atoms with E-state index in [1.54, 1.807) is 6.92 Å². The molecule has 0 N–H and O–H groups in total. The van der Waals surface area contributed by atoms with Gasteiger partial charge in [0.05, 0.1) is 30.2 Å². The van der Waals surface area contributed by atoms with E-state index in [0.717, 1.165) is 0 Å². The average molecular weight is 286 g/mol. The Morgan fingerprint density at radius 3 is 2.70 bits per heavy atom. The highest BCUT2D eigenvalue weighted by Gasteiger charge is 2.31. The molecule has 1 amide bonds. The first-order valence-electron chi connectivity index (χ1n) is 5.94. The van der Waals surface area contributed by atoms with Crippen LogP contribution in [0.4, 0.5) is 14.5 Å². The minimum absolute atomic E-state index is 0.246. The molecule has 2 rings (SSSR count). The summed E-state index contributed by atoms with van der Waals surface area (Å²) in [6, 6.07) is 0.704. The third-order valence-electron chi connectivity index (χ3n) is 3.09. The van der Waals surface area contributed by atoms with E-state index in [1.807, 2.05) is 0 Å². The van der Waals surface area contributed by atoms with Gasteiger partial charge in [0.25, 0.3) is 11.6 Å². The molecule has 0 bridgehead atoms. The van der Waals surface area contributed by atoms with Crippen molar-refractivity contribution >= 4 is 11.6 Å². The number of nitro groups is 1. The predicted molar refractivity (Wildman–Crippen MR) is 64.3 cm³/mol. The summed E-state index contributed by atoms with van der Waals surface area (Å²) in [5.41, 5.74) is -1.20. The van der Waals surface area contributed by atoms with Crippen LogP contribution in [0.3, 0.4) is 0 Å². The van der Waals surface area contributed by atoms with Gasteiger partial charge in [0.2, 0.25) is 0 Å². The van der Waals surface area contributed by atoms with Crippen LogP contribution < -0.4 is 0 Å². The van der Waals surface area contributed by atoms with Crippen molar-refractivity contribution in [2.75, 3.05) is 19.8 Å². The van der Waals surface area contributed by atoms with Gasteiger partial charge in [-0.3, -0.25) is 14.9 Å². The molecule has 108 valence electrons. The Morgan fingerprint density at radius 2 is 2.10 bits per heavy atom. The van der Waals surface area contributed by atoms with Gasteiger partial charge in [-0.25, -0.2) is 8.78 Å². The summed E-state index contributed by atoms with van der Waals surface area (Å²) in [5, 5.41) is 10.9. The third-order valence-corrected chi connectivity index (χ3v) is 3.09. The summed E-state index contributed by atoms with van der Waals surface area (Å²) in [6.45, 7) is 2.55. The second-order valence-corrected chi connectivity index (χ2v) is 4.46. The Bertz CT molecular complexity index is 565. The molecule has 1 fully saturated rings. The Balaban J connectivity index is 2.42. The molecule has 0 aliphatic carbocycles. The highest BCUT2D eigenvalue weighted by atomic mass is 19.2. The Morgan fingerprint density at radius 1 is 1.45 bits per heavy atom. The summed E-state index contributed by atoms with van der Waals surface area (Å²) in [4.78, 5) is 23.6. The minimum atomic E-state index is -1.36. The first-order valence-corrected chi connectivity index (χ1v) is 5.94. The van der Waals surface area contributed by atoms with E-state index in [9.17, 15) is 23.7 Å². The van der Waals surface area contributed by atoms with Crippen LogP contribution in [0.2, 0.25) is 0 Å². The second-order valence-electron chi connectivity index (χ2n) is 4.46. The molecule has 1 aliphatic heterocycles. The van der Waals surface area contributed by atoms with Crippen molar-refractivity contribution in [2.24, 2.45) is 0 Å². The second kappa shape index (κ2) is 5.49. The highest BCUT2D eigenvalue weighted by molar-refractivity contribution is 5.98. The predicted octanol–water partition coefficient (Wildman–Crippen LogP) is 1.73. The number of halogens is 2. The molecular weight excluding hydrogens is 274 g/mol. The van der Waals surface area contributed by atoms with Crippen molar-refractivity contribution < 1.29 is 23.2 Å². The zero-order chi connectivity index (χ0) is 14.9. The number of carbonyl (C=O) groups is 1. The molecule has 1 aromatic rings. The van der Waals surface area contributed by atoms with Gasteiger partial charge in [0.1, 0.15) is 5.56 Å². The van der Waals surface area contributed by atoms with E-state index < -0.39 is 33.7 Å². The molecule has 1 atom stereocenters. The molecule has 0 spiro atoms. The number of nitro benzene ring substituents is 1. The number of ether oxygens (including phenoxy) is 1. The van der Waals surface area contributed by atoms with Crippen LogP contribution in [0.1, 0.15) is 17.3 Å². The van der Waals surface area contributed by atoms with Crippen LogP contribution in [-0.2, 0) is 4.74 Å². The number of morpholine rings is 1. The van der Waals surface area contributed by atoms with Crippen LogP contribution in [0.25, 0.3) is 0 Å². The number of rotatable bonds is 2. The quantitative estimate of drug-likeness (QED) is 0.613. The molecule has 1 aliphatic rings. The van der Waals surface area contributed by atoms with E-state index in [0.29, 0.717) is 25.3 Å². The van der Waals surface area contributed by atoms with Gasteiger partial charge in [-0.15, -0.1) is 0 Å². The maximum Gasteiger partial charge on any atom is 0.285 e. The van der Waals surface area contributed by atoms with Gasteiger partial charge >= 0.3 is 0 Å². The van der Waals surface area contributed by atoms with Crippen molar-refractivity contribution in [1.29, 1.82) is 0 Å². The maximum absolute atomic E-state index is 13.3. The summed E-state index contributed by atoms with van der Waals surface area (Å²) in [7, 11) is 0. The monoisotopic (exact) mass is 286 g/mol. The van der Waals surface area contributed by atoms with Crippen LogP contribution in [0.5, 0.6) is 0 Å². The smallest absolute Gasteiger partial charge is 0.285 e.